The highest BCUT2D eigenvalue weighted by Gasteiger charge is 2.19. The van der Waals surface area contributed by atoms with Crippen LogP contribution in [0.5, 0.6) is 11.5 Å². The van der Waals surface area contributed by atoms with Gasteiger partial charge in [-0.05, 0) is 55.2 Å². The van der Waals surface area contributed by atoms with Crippen LogP contribution in [0, 0.1) is 0 Å². The molecule has 0 heterocycles. The Bertz CT molecular complexity index is 802. The molecule has 3 N–H and O–H groups in total. The Morgan fingerprint density at radius 1 is 0.758 bits per heavy atom. The standard InChI is InChI=1S/C26H36O7/c1-19(27)24(28)14-15-25(29)26(33-18-21-8-12-23(31-3)13-9-21)5-4-16-32-17-20-6-10-22(30-2)11-7-20/h6-15,19,24-29H,4-5,16-18H2,1-3H3/b15-14+/t19-,24-,25+,26+/m0/s1. The lowest BCUT2D eigenvalue weighted by atomic mass is 10.1. The molecule has 33 heavy (non-hydrogen) atoms. The minimum atomic E-state index is -1.05. The maximum absolute atomic E-state index is 10.6. The van der Waals surface area contributed by atoms with Gasteiger partial charge < -0.3 is 34.3 Å². The first-order chi connectivity index (χ1) is 15.9. The molecule has 0 aliphatic carbocycles. The first kappa shape index (κ1) is 26.8. The third-order valence-electron chi connectivity index (χ3n) is 5.21. The summed E-state index contributed by atoms with van der Waals surface area (Å²) >= 11 is 0. The van der Waals surface area contributed by atoms with Crippen LogP contribution in [0.25, 0.3) is 0 Å². The van der Waals surface area contributed by atoms with Crippen LogP contribution in [0.4, 0.5) is 0 Å². The lowest BCUT2D eigenvalue weighted by Crippen LogP contribution is -2.29. The number of hydrogen-bond acceptors (Lipinski definition) is 7. The van der Waals surface area contributed by atoms with E-state index >= 15 is 0 Å². The summed E-state index contributed by atoms with van der Waals surface area (Å²) in [7, 11) is 3.25. The van der Waals surface area contributed by atoms with Crippen molar-refractivity contribution in [2.75, 3.05) is 20.8 Å². The predicted octanol–water partition coefficient (Wildman–Crippen LogP) is 3.24. The quantitative estimate of drug-likeness (QED) is 0.277. The number of benzene rings is 2. The highest BCUT2D eigenvalue weighted by atomic mass is 16.5. The van der Waals surface area contributed by atoms with Crippen LogP contribution in [-0.2, 0) is 22.7 Å². The van der Waals surface area contributed by atoms with E-state index in [0.29, 0.717) is 32.7 Å². The molecule has 4 atom stereocenters. The van der Waals surface area contributed by atoms with Gasteiger partial charge in [-0.15, -0.1) is 0 Å². The van der Waals surface area contributed by atoms with E-state index in [9.17, 15) is 15.3 Å². The van der Waals surface area contributed by atoms with Crippen molar-refractivity contribution in [1.82, 2.24) is 0 Å². The third-order valence-corrected chi connectivity index (χ3v) is 5.21. The fraction of sp³-hybridized carbons (Fsp3) is 0.462. The van der Waals surface area contributed by atoms with Crippen LogP contribution in [0.15, 0.2) is 60.7 Å². The van der Waals surface area contributed by atoms with Gasteiger partial charge in [0.25, 0.3) is 0 Å². The van der Waals surface area contributed by atoms with E-state index in [0.717, 1.165) is 22.6 Å². The van der Waals surface area contributed by atoms with Crippen molar-refractivity contribution in [3.63, 3.8) is 0 Å². The van der Waals surface area contributed by atoms with Crippen molar-refractivity contribution in [2.45, 2.75) is 57.4 Å². The van der Waals surface area contributed by atoms with E-state index in [1.807, 2.05) is 48.5 Å². The Balaban J connectivity index is 1.86. The van der Waals surface area contributed by atoms with Crippen molar-refractivity contribution >= 4 is 0 Å². The Hall–Kier alpha value is -2.42. The predicted molar refractivity (Wildman–Crippen MR) is 126 cm³/mol. The first-order valence-electron chi connectivity index (χ1n) is 11.1. The van der Waals surface area contributed by atoms with Crippen LogP contribution < -0.4 is 9.47 Å². The zero-order valence-electron chi connectivity index (χ0n) is 19.6. The van der Waals surface area contributed by atoms with Crippen LogP contribution >= 0.6 is 0 Å². The molecule has 0 saturated heterocycles. The number of hydrogen-bond donors (Lipinski definition) is 3. The summed E-state index contributed by atoms with van der Waals surface area (Å²) in [6, 6.07) is 15.2. The fourth-order valence-corrected chi connectivity index (χ4v) is 3.09. The number of rotatable bonds is 15. The second kappa shape index (κ2) is 14.7. The Labute approximate surface area is 196 Å². The topological polar surface area (TPSA) is 97.6 Å². The van der Waals surface area contributed by atoms with Gasteiger partial charge in [0.1, 0.15) is 11.5 Å². The van der Waals surface area contributed by atoms with Gasteiger partial charge in [-0.3, -0.25) is 0 Å². The summed E-state index contributed by atoms with van der Waals surface area (Å²) in [6.45, 7) is 2.82. The monoisotopic (exact) mass is 460 g/mol. The van der Waals surface area contributed by atoms with Crippen molar-refractivity contribution in [2.24, 2.45) is 0 Å². The second-order valence-electron chi connectivity index (χ2n) is 7.85. The largest absolute Gasteiger partial charge is 0.497 e. The highest BCUT2D eigenvalue weighted by Crippen LogP contribution is 2.17. The Morgan fingerprint density at radius 2 is 1.27 bits per heavy atom. The number of aliphatic hydroxyl groups is 3. The van der Waals surface area contributed by atoms with Crippen LogP contribution in [0.2, 0.25) is 0 Å². The summed E-state index contributed by atoms with van der Waals surface area (Å²) in [5, 5.41) is 29.8. The molecule has 7 nitrogen and oxygen atoms in total. The van der Waals surface area contributed by atoms with Gasteiger partial charge in [-0.1, -0.05) is 36.4 Å². The molecule has 2 aromatic rings. The summed E-state index contributed by atoms with van der Waals surface area (Å²) in [4.78, 5) is 0. The Kier molecular flexibility index (Phi) is 11.9. The highest BCUT2D eigenvalue weighted by molar-refractivity contribution is 5.27. The fourth-order valence-electron chi connectivity index (χ4n) is 3.09. The normalized spacial score (nSPS) is 15.2. The molecule has 7 heteroatoms. The zero-order valence-corrected chi connectivity index (χ0v) is 19.6. The van der Waals surface area contributed by atoms with Gasteiger partial charge in [0.2, 0.25) is 0 Å². The number of ether oxygens (including phenoxy) is 4. The maximum Gasteiger partial charge on any atom is 0.118 e. The van der Waals surface area contributed by atoms with Crippen molar-refractivity contribution < 1.29 is 34.3 Å². The van der Waals surface area contributed by atoms with E-state index < -0.39 is 24.4 Å². The molecule has 182 valence electrons. The molecule has 0 saturated carbocycles. The minimum Gasteiger partial charge on any atom is -0.497 e. The average Bonchev–Trinajstić information content (AvgIpc) is 2.84. The molecule has 2 aromatic carbocycles. The molecule has 0 bridgehead atoms. The summed E-state index contributed by atoms with van der Waals surface area (Å²) in [6.07, 6.45) is 0.719. The molecule has 0 aliphatic rings. The molecule has 0 aromatic heterocycles. The van der Waals surface area contributed by atoms with Crippen LogP contribution in [0.1, 0.15) is 30.9 Å². The summed E-state index contributed by atoms with van der Waals surface area (Å²) in [5.41, 5.74) is 2.01. The van der Waals surface area contributed by atoms with Crippen LogP contribution in [-0.4, -0.2) is 60.6 Å². The molecule has 0 unspecified atom stereocenters. The molecule has 0 fully saturated rings. The Morgan fingerprint density at radius 3 is 1.79 bits per heavy atom. The molecule has 0 spiro atoms. The first-order valence-corrected chi connectivity index (χ1v) is 11.1. The van der Waals surface area contributed by atoms with Crippen molar-refractivity contribution in [3.05, 3.63) is 71.8 Å². The lowest BCUT2D eigenvalue weighted by molar-refractivity contribution is -0.0362. The van der Waals surface area contributed by atoms with Gasteiger partial charge in [-0.25, -0.2) is 0 Å². The van der Waals surface area contributed by atoms with Crippen molar-refractivity contribution in [3.8, 4) is 11.5 Å². The molecule has 0 radical (unpaired) electrons. The van der Waals surface area contributed by atoms with Gasteiger partial charge in [-0.2, -0.15) is 0 Å². The van der Waals surface area contributed by atoms with E-state index in [4.69, 9.17) is 18.9 Å². The average molecular weight is 461 g/mol. The van der Waals surface area contributed by atoms with E-state index in [2.05, 4.69) is 0 Å². The lowest BCUT2D eigenvalue weighted by Gasteiger charge is -2.22. The smallest absolute Gasteiger partial charge is 0.118 e. The summed E-state index contributed by atoms with van der Waals surface area (Å²) in [5.74, 6) is 1.57. The zero-order chi connectivity index (χ0) is 24.1. The van der Waals surface area contributed by atoms with Gasteiger partial charge in [0.15, 0.2) is 0 Å². The number of aliphatic hydroxyl groups excluding tert-OH is 3. The van der Waals surface area contributed by atoms with E-state index in [1.54, 1.807) is 14.2 Å². The second-order valence-corrected chi connectivity index (χ2v) is 7.85. The van der Waals surface area contributed by atoms with Gasteiger partial charge >= 0.3 is 0 Å². The SMILES string of the molecule is COc1ccc(COCCC[C@@H](OCc2ccc(OC)cc2)[C@H](O)/C=C/[C@H](O)[C@H](C)O)cc1. The third kappa shape index (κ3) is 9.94. The van der Waals surface area contributed by atoms with Gasteiger partial charge in [0.05, 0.1) is 51.8 Å². The van der Waals surface area contributed by atoms with Crippen molar-refractivity contribution in [1.29, 1.82) is 0 Å². The molecular formula is C26H36O7. The minimum absolute atomic E-state index is 0.325. The summed E-state index contributed by atoms with van der Waals surface area (Å²) < 4.78 is 22.1. The van der Waals surface area contributed by atoms with Gasteiger partial charge in [0, 0.05) is 6.61 Å². The molecule has 0 amide bonds. The van der Waals surface area contributed by atoms with E-state index in [1.165, 1.54) is 19.1 Å². The maximum atomic E-state index is 10.6. The molecule has 0 aliphatic heterocycles. The van der Waals surface area contributed by atoms with Crippen LogP contribution in [0.3, 0.4) is 0 Å². The van der Waals surface area contributed by atoms with E-state index in [-0.39, 0.29) is 0 Å². The number of methoxy groups -OCH3 is 2. The molecule has 2 rings (SSSR count). The molecular weight excluding hydrogens is 424 g/mol.